The van der Waals surface area contributed by atoms with Gasteiger partial charge in [0, 0.05) is 19.1 Å². The number of carbonyl (C=O) groups excluding carboxylic acids is 1. The Balaban J connectivity index is 1.84. The van der Waals surface area contributed by atoms with Crippen LogP contribution in [0.3, 0.4) is 0 Å². The highest BCUT2D eigenvalue weighted by Crippen LogP contribution is 2.20. The molecule has 2 N–H and O–H groups in total. The molecule has 0 bridgehead atoms. The minimum Gasteiger partial charge on any atom is -0.476 e. The molecule has 0 aliphatic carbocycles. The molecule has 0 saturated carbocycles. The lowest BCUT2D eigenvalue weighted by Gasteiger charge is -2.39. The number of likely N-dealkylation sites (tertiary alicyclic amines) is 1. The Bertz CT molecular complexity index is 491. The highest BCUT2D eigenvalue weighted by Gasteiger charge is 2.33. The van der Waals surface area contributed by atoms with E-state index in [1.54, 1.807) is 4.90 Å². The number of nitrogens with zero attached hydrogens (tertiary/aromatic N) is 4. The summed E-state index contributed by atoms with van der Waals surface area (Å²) in [4.78, 5) is 24.3. The fourth-order valence-corrected chi connectivity index (χ4v) is 2.10. The number of carboxylic acids is 1. The molecule has 1 saturated heterocycles. The number of urea groups is 1. The molecule has 2 heterocycles. The third kappa shape index (κ3) is 2.89. The first-order chi connectivity index (χ1) is 9.55. The van der Waals surface area contributed by atoms with E-state index >= 15 is 0 Å². The lowest BCUT2D eigenvalue weighted by atomic mass is 10.1. The maximum atomic E-state index is 11.9. The van der Waals surface area contributed by atoms with Crippen LogP contribution in [0.1, 0.15) is 43.2 Å². The van der Waals surface area contributed by atoms with E-state index in [-0.39, 0.29) is 23.8 Å². The van der Waals surface area contributed by atoms with Gasteiger partial charge in [-0.1, -0.05) is 19.1 Å². The molecule has 8 heteroatoms. The van der Waals surface area contributed by atoms with Gasteiger partial charge in [-0.3, -0.25) is 0 Å². The van der Waals surface area contributed by atoms with E-state index in [1.807, 2.05) is 13.8 Å². The van der Waals surface area contributed by atoms with Crippen molar-refractivity contribution in [3.05, 3.63) is 11.9 Å². The first kappa shape index (κ1) is 14.3. The van der Waals surface area contributed by atoms with Crippen LogP contribution in [0.25, 0.3) is 0 Å². The second-order valence-electron chi connectivity index (χ2n) is 4.91. The molecule has 2 amide bonds. The minimum absolute atomic E-state index is 0.00283. The Kier molecular flexibility index (Phi) is 4.21. The average Bonchev–Trinajstić information content (AvgIpc) is 2.83. The van der Waals surface area contributed by atoms with Crippen LogP contribution in [0.2, 0.25) is 0 Å². The highest BCUT2D eigenvalue weighted by molar-refractivity contribution is 5.84. The second kappa shape index (κ2) is 5.89. The minimum atomic E-state index is -1.10. The molecular formula is C12H19N5O3. The Morgan fingerprint density at radius 2 is 2.10 bits per heavy atom. The molecule has 0 radical (unpaired) electrons. The summed E-state index contributed by atoms with van der Waals surface area (Å²) < 4.78 is 1.50. The third-order valence-corrected chi connectivity index (χ3v) is 3.57. The van der Waals surface area contributed by atoms with Crippen LogP contribution >= 0.6 is 0 Å². The Hall–Kier alpha value is -2.12. The predicted molar refractivity (Wildman–Crippen MR) is 70.5 cm³/mol. The fraction of sp³-hybridized carbons (Fsp3) is 0.667. The number of carbonyl (C=O) groups is 2. The van der Waals surface area contributed by atoms with Crippen molar-refractivity contribution in [3.8, 4) is 0 Å². The highest BCUT2D eigenvalue weighted by atomic mass is 16.4. The molecular weight excluding hydrogens is 262 g/mol. The van der Waals surface area contributed by atoms with Gasteiger partial charge < -0.3 is 15.3 Å². The SMILES string of the molecule is CCC(CC)NC(=O)N1CC(n2cc(C(=O)O)nn2)C1. The Morgan fingerprint density at radius 3 is 2.60 bits per heavy atom. The number of rotatable bonds is 5. The van der Waals surface area contributed by atoms with Gasteiger partial charge in [0.05, 0.1) is 12.2 Å². The lowest BCUT2D eigenvalue weighted by molar-refractivity contribution is 0.0690. The normalized spacial score (nSPS) is 15.2. The molecule has 8 nitrogen and oxygen atoms in total. The summed E-state index contributed by atoms with van der Waals surface area (Å²) in [5.41, 5.74) is -0.0788. The van der Waals surface area contributed by atoms with Crippen LogP contribution in [0.5, 0.6) is 0 Å². The number of carboxylic acid groups (broad SMARTS) is 1. The molecule has 2 rings (SSSR count). The van der Waals surface area contributed by atoms with Crippen molar-refractivity contribution in [2.24, 2.45) is 0 Å². The maximum absolute atomic E-state index is 11.9. The lowest BCUT2D eigenvalue weighted by Crippen LogP contribution is -2.55. The summed E-state index contributed by atoms with van der Waals surface area (Å²) in [5, 5.41) is 19.1. The van der Waals surface area contributed by atoms with Gasteiger partial charge in [-0.05, 0) is 12.8 Å². The molecule has 1 aromatic heterocycles. The standard InChI is InChI=1S/C12H19N5O3/c1-3-8(4-2)13-12(20)16-5-9(6-16)17-7-10(11(18)19)14-15-17/h7-9H,3-6H2,1-2H3,(H,13,20)(H,18,19). The van der Waals surface area contributed by atoms with Gasteiger partial charge in [-0.2, -0.15) is 0 Å². The van der Waals surface area contributed by atoms with Crippen molar-refractivity contribution in [1.29, 1.82) is 0 Å². The van der Waals surface area contributed by atoms with Crippen LogP contribution in [-0.4, -0.2) is 56.1 Å². The predicted octanol–water partition coefficient (Wildman–Crippen LogP) is 0.731. The van der Waals surface area contributed by atoms with Crippen LogP contribution in [-0.2, 0) is 0 Å². The third-order valence-electron chi connectivity index (χ3n) is 3.57. The smallest absolute Gasteiger partial charge is 0.358 e. The van der Waals surface area contributed by atoms with Gasteiger partial charge in [-0.25, -0.2) is 14.3 Å². The maximum Gasteiger partial charge on any atom is 0.358 e. The van der Waals surface area contributed by atoms with Crippen LogP contribution < -0.4 is 5.32 Å². The monoisotopic (exact) mass is 281 g/mol. The van der Waals surface area contributed by atoms with Crippen molar-refractivity contribution >= 4 is 12.0 Å². The van der Waals surface area contributed by atoms with Crippen molar-refractivity contribution in [1.82, 2.24) is 25.2 Å². The van der Waals surface area contributed by atoms with Crippen molar-refractivity contribution in [2.75, 3.05) is 13.1 Å². The van der Waals surface area contributed by atoms with Gasteiger partial charge in [0.1, 0.15) is 0 Å². The topological polar surface area (TPSA) is 100 Å². The zero-order valence-corrected chi connectivity index (χ0v) is 11.6. The summed E-state index contributed by atoms with van der Waals surface area (Å²) in [6.07, 6.45) is 3.21. The fourth-order valence-electron chi connectivity index (χ4n) is 2.10. The van der Waals surface area contributed by atoms with E-state index in [0.717, 1.165) is 12.8 Å². The number of hydrogen-bond donors (Lipinski definition) is 2. The summed E-state index contributed by atoms with van der Waals surface area (Å²) in [6.45, 7) is 5.12. The summed E-state index contributed by atoms with van der Waals surface area (Å²) in [7, 11) is 0. The van der Waals surface area contributed by atoms with Crippen LogP contribution in [0, 0.1) is 0 Å². The van der Waals surface area contributed by atoms with Gasteiger partial charge in [-0.15, -0.1) is 5.10 Å². The van der Waals surface area contributed by atoms with E-state index < -0.39 is 5.97 Å². The Morgan fingerprint density at radius 1 is 1.45 bits per heavy atom. The molecule has 0 atom stereocenters. The van der Waals surface area contributed by atoms with Crippen LogP contribution in [0.15, 0.2) is 6.20 Å². The molecule has 0 spiro atoms. The molecule has 1 aromatic rings. The average molecular weight is 281 g/mol. The van der Waals surface area contributed by atoms with E-state index in [9.17, 15) is 9.59 Å². The summed E-state index contributed by atoms with van der Waals surface area (Å²) in [6, 6.07) is 0.128. The molecule has 1 aliphatic rings. The van der Waals surface area contributed by atoms with E-state index in [4.69, 9.17) is 5.11 Å². The summed E-state index contributed by atoms with van der Waals surface area (Å²) >= 11 is 0. The zero-order chi connectivity index (χ0) is 14.7. The number of aromatic nitrogens is 3. The zero-order valence-electron chi connectivity index (χ0n) is 11.6. The van der Waals surface area contributed by atoms with Gasteiger partial charge in [0.15, 0.2) is 5.69 Å². The molecule has 1 aliphatic heterocycles. The largest absolute Gasteiger partial charge is 0.476 e. The number of hydrogen-bond acceptors (Lipinski definition) is 4. The molecule has 20 heavy (non-hydrogen) atoms. The molecule has 0 aromatic carbocycles. The number of aromatic carboxylic acids is 1. The molecule has 0 unspecified atom stereocenters. The van der Waals surface area contributed by atoms with Gasteiger partial charge >= 0.3 is 12.0 Å². The number of amides is 2. The molecule has 110 valence electrons. The quantitative estimate of drug-likeness (QED) is 0.828. The first-order valence-electron chi connectivity index (χ1n) is 6.75. The van der Waals surface area contributed by atoms with Gasteiger partial charge in [0.2, 0.25) is 0 Å². The van der Waals surface area contributed by atoms with Crippen molar-refractivity contribution in [2.45, 2.75) is 38.8 Å². The Labute approximate surface area is 116 Å². The van der Waals surface area contributed by atoms with Crippen molar-refractivity contribution < 1.29 is 14.7 Å². The molecule has 1 fully saturated rings. The first-order valence-corrected chi connectivity index (χ1v) is 6.75. The van der Waals surface area contributed by atoms with E-state index in [2.05, 4.69) is 15.6 Å². The van der Waals surface area contributed by atoms with Gasteiger partial charge in [0.25, 0.3) is 0 Å². The van der Waals surface area contributed by atoms with Crippen LogP contribution in [0.4, 0.5) is 4.79 Å². The summed E-state index contributed by atoms with van der Waals surface area (Å²) in [5.74, 6) is -1.10. The van der Waals surface area contributed by atoms with E-state index in [1.165, 1.54) is 10.9 Å². The second-order valence-corrected chi connectivity index (χ2v) is 4.91. The van der Waals surface area contributed by atoms with Crippen molar-refractivity contribution in [3.63, 3.8) is 0 Å². The van der Waals surface area contributed by atoms with E-state index in [0.29, 0.717) is 13.1 Å². The number of nitrogens with one attached hydrogen (secondary N) is 1.